The topological polar surface area (TPSA) is 59.1 Å². The number of hydrogen-bond donors (Lipinski definition) is 2. The van der Waals surface area contributed by atoms with Crippen LogP contribution in [0, 0.1) is 17.3 Å². The summed E-state index contributed by atoms with van der Waals surface area (Å²) in [5.41, 5.74) is 6.73. The maximum Gasteiger partial charge on any atom is 0.0873 e. The number of nitrogens with zero attached hydrogens (tertiary/aromatic N) is 1. The third kappa shape index (κ3) is 3.23. The molecule has 0 radical (unpaired) electrons. The van der Waals surface area contributed by atoms with E-state index in [2.05, 4.69) is 34.8 Å². The Balaban J connectivity index is 2.16. The highest BCUT2D eigenvalue weighted by Crippen LogP contribution is 2.48. The Bertz CT molecular complexity index is 442. The third-order valence-electron chi connectivity index (χ3n) is 5.00. The average Bonchev–Trinajstić information content (AvgIpc) is 2.46. The molecule has 112 valence electrons. The van der Waals surface area contributed by atoms with E-state index in [0.717, 1.165) is 47.6 Å². The second-order valence-electron chi connectivity index (χ2n) is 6.49. The number of pyridine rings is 1. The van der Waals surface area contributed by atoms with Crippen molar-refractivity contribution in [2.24, 2.45) is 23.0 Å². The zero-order valence-corrected chi connectivity index (χ0v) is 13.9. The van der Waals surface area contributed by atoms with Crippen LogP contribution in [0.5, 0.6) is 0 Å². The van der Waals surface area contributed by atoms with Crippen LogP contribution in [-0.4, -0.2) is 16.6 Å². The third-order valence-corrected chi connectivity index (χ3v) is 5.43. The van der Waals surface area contributed by atoms with Crippen LogP contribution in [0.3, 0.4) is 0 Å². The van der Waals surface area contributed by atoms with Crippen molar-refractivity contribution in [3.8, 4) is 0 Å². The predicted octanol–water partition coefficient (Wildman–Crippen LogP) is 3.67. The number of aliphatic hydroxyl groups excluding tert-OH is 1. The smallest absolute Gasteiger partial charge is 0.0873 e. The molecule has 1 unspecified atom stereocenters. The molecule has 0 aromatic carbocycles. The Labute approximate surface area is 130 Å². The van der Waals surface area contributed by atoms with Gasteiger partial charge in [0.15, 0.2) is 0 Å². The molecule has 1 saturated carbocycles. The number of nitrogens with two attached hydrogens (primary N) is 1. The van der Waals surface area contributed by atoms with Crippen LogP contribution in [0.2, 0.25) is 0 Å². The minimum Gasteiger partial charge on any atom is -0.388 e. The van der Waals surface area contributed by atoms with Crippen molar-refractivity contribution in [1.29, 1.82) is 0 Å². The Morgan fingerprint density at radius 2 is 2.05 bits per heavy atom. The summed E-state index contributed by atoms with van der Waals surface area (Å²) in [6.45, 7) is 5.11. The lowest BCUT2D eigenvalue weighted by Gasteiger charge is -2.43. The van der Waals surface area contributed by atoms with Gasteiger partial charge in [0.05, 0.1) is 6.10 Å². The van der Waals surface area contributed by atoms with Crippen LogP contribution in [0.1, 0.15) is 51.2 Å². The van der Waals surface area contributed by atoms with E-state index >= 15 is 0 Å². The van der Waals surface area contributed by atoms with Crippen LogP contribution < -0.4 is 5.73 Å². The van der Waals surface area contributed by atoms with Gasteiger partial charge in [-0.15, -0.1) is 0 Å². The zero-order valence-electron chi connectivity index (χ0n) is 12.3. The van der Waals surface area contributed by atoms with E-state index < -0.39 is 6.10 Å². The second kappa shape index (κ2) is 6.54. The molecule has 0 bridgehead atoms. The van der Waals surface area contributed by atoms with Crippen LogP contribution in [0.25, 0.3) is 0 Å². The van der Waals surface area contributed by atoms with E-state index in [1.54, 1.807) is 12.4 Å². The number of hydrogen-bond acceptors (Lipinski definition) is 3. The molecule has 1 aromatic rings. The van der Waals surface area contributed by atoms with Crippen LogP contribution in [-0.2, 0) is 0 Å². The van der Waals surface area contributed by atoms with E-state index in [-0.39, 0.29) is 5.41 Å². The van der Waals surface area contributed by atoms with Gasteiger partial charge in [-0.25, -0.2) is 0 Å². The molecule has 1 aliphatic rings. The maximum absolute atomic E-state index is 10.8. The standard InChI is InChI=1S/C16H25BrN2O/c1-11(2)12-3-5-16(10-18,6-4-12)15(20)13-7-14(17)9-19-8-13/h7-9,11-12,15,20H,3-6,10,18H2,1-2H3. The number of aliphatic hydroxyl groups is 1. The van der Waals surface area contributed by atoms with Gasteiger partial charge in [0, 0.05) is 34.4 Å². The molecule has 1 atom stereocenters. The lowest BCUT2D eigenvalue weighted by molar-refractivity contribution is -0.0150. The largest absolute Gasteiger partial charge is 0.388 e. The first kappa shape index (κ1) is 15.9. The van der Waals surface area contributed by atoms with Gasteiger partial charge in [-0.2, -0.15) is 0 Å². The normalized spacial score (nSPS) is 28.6. The van der Waals surface area contributed by atoms with Crippen molar-refractivity contribution in [1.82, 2.24) is 4.98 Å². The minimum atomic E-state index is -0.523. The van der Waals surface area contributed by atoms with E-state index in [1.807, 2.05) is 6.07 Å². The van der Waals surface area contributed by atoms with Crippen LogP contribution >= 0.6 is 15.9 Å². The van der Waals surface area contributed by atoms with Gasteiger partial charge in [0.2, 0.25) is 0 Å². The van der Waals surface area contributed by atoms with E-state index in [9.17, 15) is 5.11 Å². The fraction of sp³-hybridized carbons (Fsp3) is 0.688. The summed E-state index contributed by atoms with van der Waals surface area (Å²) >= 11 is 3.42. The molecule has 0 aliphatic heterocycles. The predicted molar refractivity (Wildman–Crippen MR) is 85.2 cm³/mol. The van der Waals surface area contributed by atoms with E-state index in [0.29, 0.717) is 6.54 Å². The Kier molecular flexibility index (Phi) is 5.21. The summed E-state index contributed by atoms with van der Waals surface area (Å²) in [6, 6.07) is 1.95. The highest BCUT2D eigenvalue weighted by Gasteiger charge is 2.41. The second-order valence-corrected chi connectivity index (χ2v) is 7.40. The first-order valence-corrected chi connectivity index (χ1v) is 8.26. The van der Waals surface area contributed by atoms with Gasteiger partial charge in [-0.05, 0) is 59.5 Å². The first-order valence-electron chi connectivity index (χ1n) is 7.47. The van der Waals surface area contributed by atoms with Gasteiger partial charge >= 0.3 is 0 Å². The summed E-state index contributed by atoms with van der Waals surface area (Å²) in [7, 11) is 0. The van der Waals surface area contributed by atoms with E-state index in [1.165, 1.54) is 0 Å². The monoisotopic (exact) mass is 340 g/mol. The summed E-state index contributed by atoms with van der Waals surface area (Å²) in [5, 5.41) is 10.8. The maximum atomic E-state index is 10.8. The molecule has 0 saturated heterocycles. The van der Waals surface area contributed by atoms with E-state index in [4.69, 9.17) is 5.73 Å². The molecule has 0 spiro atoms. The zero-order chi connectivity index (χ0) is 14.8. The number of halogens is 1. The Hall–Kier alpha value is -0.450. The van der Waals surface area contributed by atoms with Gasteiger partial charge in [0.1, 0.15) is 0 Å². The van der Waals surface area contributed by atoms with Gasteiger partial charge in [-0.3, -0.25) is 4.98 Å². The fourth-order valence-corrected chi connectivity index (χ4v) is 3.78. The quantitative estimate of drug-likeness (QED) is 0.878. The van der Waals surface area contributed by atoms with Gasteiger partial charge in [-0.1, -0.05) is 13.8 Å². The van der Waals surface area contributed by atoms with Crippen molar-refractivity contribution in [2.75, 3.05) is 6.54 Å². The molecule has 0 amide bonds. The summed E-state index contributed by atoms with van der Waals surface area (Å²) in [5.74, 6) is 1.48. The Morgan fingerprint density at radius 3 is 2.55 bits per heavy atom. The Morgan fingerprint density at radius 1 is 1.40 bits per heavy atom. The molecule has 1 heterocycles. The van der Waals surface area contributed by atoms with Crippen molar-refractivity contribution in [2.45, 2.75) is 45.6 Å². The average molecular weight is 341 g/mol. The molecule has 1 aromatic heterocycles. The van der Waals surface area contributed by atoms with Gasteiger partial charge < -0.3 is 10.8 Å². The number of aromatic nitrogens is 1. The molecule has 1 fully saturated rings. The lowest BCUT2D eigenvalue weighted by atomic mass is 9.64. The molecule has 4 heteroatoms. The first-order chi connectivity index (χ1) is 9.48. The molecular weight excluding hydrogens is 316 g/mol. The van der Waals surface area contributed by atoms with Gasteiger partial charge in [0.25, 0.3) is 0 Å². The lowest BCUT2D eigenvalue weighted by Crippen LogP contribution is -2.40. The van der Waals surface area contributed by atoms with Crippen LogP contribution in [0.15, 0.2) is 22.9 Å². The number of rotatable bonds is 4. The van der Waals surface area contributed by atoms with Crippen molar-refractivity contribution in [3.05, 3.63) is 28.5 Å². The summed E-state index contributed by atoms with van der Waals surface area (Å²) in [6.07, 6.45) is 7.29. The molecular formula is C16H25BrN2O. The highest BCUT2D eigenvalue weighted by atomic mass is 79.9. The highest BCUT2D eigenvalue weighted by molar-refractivity contribution is 9.10. The minimum absolute atomic E-state index is 0.187. The van der Waals surface area contributed by atoms with Crippen molar-refractivity contribution >= 4 is 15.9 Å². The summed E-state index contributed by atoms with van der Waals surface area (Å²) < 4.78 is 0.900. The fourth-order valence-electron chi connectivity index (χ4n) is 3.40. The molecule has 3 nitrogen and oxygen atoms in total. The molecule has 3 N–H and O–H groups in total. The molecule has 20 heavy (non-hydrogen) atoms. The van der Waals surface area contributed by atoms with Crippen molar-refractivity contribution in [3.63, 3.8) is 0 Å². The summed E-state index contributed by atoms with van der Waals surface area (Å²) in [4.78, 5) is 4.16. The van der Waals surface area contributed by atoms with Crippen LogP contribution in [0.4, 0.5) is 0 Å². The molecule has 2 rings (SSSR count). The molecule has 1 aliphatic carbocycles. The van der Waals surface area contributed by atoms with Crippen molar-refractivity contribution < 1.29 is 5.11 Å². The SMILES string of the molecule is CC(C)C1CCC(CN)(C(O)c2cncc(Br)c2)CC1.